The molecule has 28 heavy (non-hydrogen) atoms. The van der Waals surface area contributed by atoms with Gasteiger partial charge in [0.05, 0.1) is 16.2 Å². The second-order valence-electron chi connectivity index (χ2n) is 6.30. The molecule has 1 heterocycles. The van der Waals surface area contributed by atoms with E-state index in [0.717, 1.165) is 21.9 Å². The molecule has 1 aromatic heterocycles. The lowest BCUT2D eigenvalue weighted by atomic mass is 10.1. The largest absolute Gasteiger partial charge is 0.484 e. The number of nitrogens with zero attached hydrogens (tertiary/aromatic N) is 1. The van der Waals surface area contributed by atoms with Gasteiger partial charge in [-0.1, -0.05) is 24.3 Å². The molecule has 3 aromatic carbocycles. The lowest BCUT2D eigenvalue weighted by molar-refractivity contribution is -0.385. The van der Waals surface area contributed by atoms with Crippen LogP contribution in [-0.4, -0.2) is 17.4 Å². The number of furan rings is 1. The van der Waals surface area contributed by atoms with Gasteiger partial charge in [0.1, 0.15) is 16.9 Å². The zero-order chi connectivity index (χ0) is 19.7. The lowest BCUT2D eigenvalue weighted by Crippen LogP contribution is -2.20. The van der Waals surface area contributed by atoms with Crippen LogP contribution in [0.15, 0.2) is 65.1 Å². The lowest BCUT2D eigenvalue weighted by Gasteiger charge is -2.10. The summed E-state index contributed by atoms with van der Waals surface area (Å²) in [6.45, 7) is 1.37. The molecule has 4 rings (SSSR count). The van der Waals surface area contributed by atoms with Gasteiger partial charge >= 0.3 is 0 Å². The maximum Gasteiger partial charge on any atom is 0.274 e. The number of anilines is 1. The summed E-state index contributed by atoms with van der Waals surface area (Å²) >= 11 is 0. The van der Waals surface area contributed by atoms with Crippen LogP contribution >= 0.6 is 0 Å². The molecule has 0 spiro atoms. The Hall–Kier alpha value is -3.87. The number of carbonyl (C=O) groups excluding carboxylic acids is 1. The van der Waals surface area contributed by atoms with Gasteiger partial charge in [-0.3, -0.25) is 14.9 Å². The third-order valence-corrected chi connectivity index (χ3v) is 4.49. The van der Waals surface area contributed by atoms with Crippen LogP contribution in [0.4, 0.5) is 11.4 Å². The summed E-state index contributed by atoms with van der Waals surface area (Å²) in [6, 6.07) is 17.6. The van der Waals surface area contributed by atoms with Crippen molar-refractivity contribution in [3.8, 4) is 5.75 Å². The van der Waals surface area contributed by atoms with E-state index in [1.165, 1.54) is 12.1 Å². The third kappa shape index (κ3) is 3.25. The Bertz CT molecular complexity index is 1220. The highest BCUT2D eigenvalue weighted by molar-refractivity contribution is 6.05. The highest BCUT2D eigenvalue weighted by Gasteiger charge is 2.15. The summed E-state index contributed by atoms with van der Waals surface area (Å²) < 4.78 is 11.4. The van der Waals surface area contributed by atoms with Crippen LogP contribution in [0.25, 0.3) is 21.9 Å². The van der Waals surface area contributed by atoms with Gasteiger partial charge in [-0.05, 0) is 37.3 Å². The van der Waals surface area contributed by atoms with Crippen molar-refractivity contribution in [2.24, 2.45) is 0 Å². The first kappa shape index (κ1) is 17.5. The highest BCUT2D eigenvalue weighted by atomic mass is 16.6. The third-order valence-electron chi connectivity index (χ3n) is 4.49. The highest BCUT2D eigenvalue weighted by Crippen LogP contribution is 2.31. The van der Waals surface area contributed by atoms with E-state index < -0.39 is 10.8 Å². The Labute approximate surface area is 161 Å². The summed E-state index contributed by atoms with van der Waals surface area (Å²) in [6.07, 6.45) is 0. The van der Waals surface area contributed by atoms with Gasteiger partial charge in [0.25, 0.3) is 11.6 Å². The van der Waals surface area contributed by atoms with E-state index in [2.05, 4.69) is 5.32 Å². The molecular weight excluding hydrogens is 360 g/mol. The Balaban J connectivity index is 0.00000240. The topological polar surface area (TPSA) is 94.6 Å². The van der Waals surface area contributed by atoms with Crippen LogP contribution in [0.2, 0.25) is 0 Å². The number of amides is 1. The van der Waals surface area contributed by atoms with Gasteiger partial charge in [-0.25, -0.2) is 0 Å². The van der Waals surface area contributed by atoms with Crippen LogP contribution in [-0.2, 0) is 4.79 Å². The number of fused-ring (bicyclic) bond motifs is 3. The molecule has 0 aliphatic heterocycles. The fourth-order valence-corrected chi connectivity index (χ4v) is 3.09. The molecule has 142 valence electrons. The average Bonchev–Trinajstić information content (AvgIpc) is 3.06. The molecule has 1 amide bonds. The maximum absolute atomic E-state index is 12.2. The molecule has 0 aliphatic rings. The second kappa shape index (κ2) is 7.03. The molecule has 0 radical (unpaired) electrons. The van der Waals surface area contributed by atoms with Gasteiger partial charge in [-0.15, -0.1) is 0 Å². The Morgan fingerprint density at radius 1 is 1.11 bits per heavy atom. The fourth-order valence-electron chi connectivity index (χ4n) is 3.09. The minimum absolute atomic E-state index is 0. The normalized spacial score (nSPS) is 10.9. The quantitative estimate of drug-likeness (QED) is 0.387. The van der Waals surface area contributed by atoms with E-state index in [-0.39, 0.29) is 13.7 Å². The number of benzene rings is 3. The summed E-state index contributed by atoms with van der Waals surface area (Å²) in [7, 11) is 0. The molecule has 7 nitrogen and oxygen atoms in total. The van der Waals surface area contributed by atoms with Gasteiger partial charge in [-0.2, -0.15) is 0 Å². The number of nitrogens with one attached hydrogen (secondary N) is 1. The first-order valence-electron chi connectivity index (χ1n) is 8.61. The van der Waals surface area contributed by atoms with Crippen LogP contribution in [0.5, 0.6) is 5.75 Å². The van der Waals surface area contributed by atoms with Crippen molar-refractivity contribution in [3.05, 3.63) is 76.3 Å². The zero-order valence-electron chi connectivity index (χ0n) is 15.0. The maximum atomic E-state index is 12.2. The number of nitro benzene ring substituents is 1. The van der Waals surface area contributed by atoms with E-state index in [1.807, 2.05) is 30.3 Å². The predicted molar refractivity (Wildman–Crippen MR) is 108 cm³/mol. The molecule has 0 saturated carbocycles. The number of rotatable bonds is 5. The van der Waals surface area contributed by atoms with Crippen molar-refractivity contribution in [1.82, 2.24) is 0 Å². The van der Waals surface area contributed by atoms with Gasteiger partial charge in [0, 0.05) is 18.3 Å². The smallest absolute Gasteiger partial charge is 0.274 e. The van der Waals surface area contributed by atoms with Crippen molar-refractivity contribution in [1.29, 1.82) is 0 Å². The zero-order valence-corrected chi connectivity index (χ0v) is 15.0. The molecule has 0 atom stereocenters. The molecule has 1 N–H and O–H groups in total. The molecular formula is C21H18N2O5. The van der Waals surface area contributed by atoms with Crippen LogP contribution in [0.3, 0.4) is 0 Å². The first-order chi connectivity index (χ1) is 13.5. The number of hydrogen-bond acceptors (Lipinski definition) is 5. The summed E-state index contributed by atoms with van der Waals surface area (Å²) in [5.74, 6) is 0.130. The molecule has 4 aromatic rings. The monoisotopic (exact) mass is 378 g/mol. The molecule has 0 unspecified atom stereocenters. The number of hydrogen-bond donors (Lipinski definition) is 1. The SMILES string of the molecule is Cc1c(NC(=O)COc2ccc3oc4ccccc4c3c2)cccc1[N+](=O)[O-].[HH]. The van der Waals surface area contributed by atoms with Crippen molar-refractivity contribution in [3.63, 3.8) is 0 Å². The molecule has 0 bridgehead atoms. The molecule has 7 heteroatoms. The summed E-state index contributed by atoms with van der Waals surface area (Å²) in [4.78, 5) is 22.7. The predicted octanol–water partition coefficient (Wildman–Crippen LogP) is 5.07. The number of nitro groups is 1. The van der Waals surface area contributed by atoms with Crippen LogP contribution < -0.4 is 10.1 Å². The minimum Gasteiger partial charge on any atom is -0.484 e. The average molecular weight is 378 g/mol. The van der Waals surface area contributed by atoms with Crippen LogP contribution in [0.1, 0.15) is 6.99 Å². The van der Waals surface area contributed by atoms with E-state index in [9.17, 15) is 14.9 Å². The number of carbonyl (C=O) groups is 1. The van der Waals surface area contributed by atoms with E-state index in [1.54, 1.807) is 25.1 Å². The van der Waals surface area contributed by atoms with E-state index in [4.69, 9.17) is 9.15 Å². The van der Waals surface area contributed by atoms with Crippen molar-refractivity contribution < 1.29 is 20.3 Å². The van der Waals surface area contributed by atoms with Crippen molar-refractivity contribution in [2.45, 2.75) is 6.92 Å². The van der Waals surface area contributed by atoms with E-state index in [0.29, 0.717) is 17.0 Å². The first-order valence-corrected chi connectivity index (χ1v) is 8.61. The molecule has 0 saturated heterocycles. The summed E-state index contributed by atoms with van der Waals surface area (Å²) in [5.41, 5.74) is 2.26. The molecule has 0 aliphatic carbocycles. The van der Waals surface area contributed by atoms with E-state index >= 15 is 0 Å². The second-order valence-corrected chi connectivity index (χ2v) is 6.30. The van der Waals surface area contributed by atoms with Crippen LogP contribution in [0, 0.1) is 17.0 Å². The van der Waals surface area contributed by atoms with Crippen molar-refractivity contribution >= 4 is 39.2 Å². The fraction of sp³-hybridized carbons (Fsp3) is 0.0952. The standard InChI is InChI=1S/C21H16N2O5.H2/c1-13-17(6-4-7-18(13)23(25)26)22-21(24)12-27-14-9-10-20-16(11-14)15-5-2-3-8-19(15)28-20;/h2-11H,12H2,1H3,(H,22,24);1H. The molecule has 0 fully saturated rings. The Morgan fingerprint density at radius 3 is 2.71 bits per heavy atom. The van der Waals surface area contributed by atoms with Gasteiger partial charge in [0.15, 0.2) is 6.61 Å². The van der Waals surface area contributed by atoms with Gasteiger partial charge in [0.2, 0.25) is 0 Å². The Kier molecular flexibility index (Phi) is 4.41. The van der Waals surface area contributed by atoms with Crippen molar-refractivity contribution in [2.75, 3.05) is 11.9 Å². The summed E-state index contributed by atoms with van der Waals surface area (Å²) in [5, 5.41) is 15.5. The number of para-hydroxylation sites is 1. The number of ether oxygens (including phenoxy) is 1. The minimum atomic E-state index is -0.480. The Morgan fingerprint density at radius 2 is 1.89 bits per heavy atom. The van der Waals surface area contributed by atoms with Gasteiger partial charge < -0.3 is 14.5 Å².